The van der Waals surface area contributed by atoms with Crippen LogP contribution in [0.15, 0.2) is 66.9 Å². The van der Waals surface area contributed by atoms with Crippen molar-refractivity contribution >= 4 is 0 Å². The molecule has 1 aromatic heterocycles. The number of unbranched alkanes of at least 4 members (excludes halogenated alkanes) is 3. The summed E-state index contributed by atoms with van der Waals surface area (Å²) < 4.78 is 12.9. The largest absolute Gasteiger partial charge is 0.228 e. The number of aryl methyl sites for hydroxylation is 1. The van der Waals surface area contributed by atoms with E-state index in [9.17, 15) is 4.39 Å². The third-order valence-corrected chi connectivity index (χ3v) is 4.55. The second kappa shape index (κ2) is 8.57. The Bertz CT molecular complexity index is 774. The smallest absolute Gasteiger partial charge is 0.212 e. The van der Waals surface area contributed by atoms with Crippen molar-refractivity contribution in [3.05, 3.63) is 78.4 Å². The van der Waals surface area contributed by atoms with Gasteiger partial charge in [0.2, 0.25) is 5.95 Å². The monoisotopic (exact) mass is 333 g/mol. The molecule has 1 heterocycles. The van der Waals surface area contributed by atoms with Crippen molar-refractivity contribution in [1.29, 1.82) is 0 Å². The number of nitrogens with zero attached hydrogens (tertiary/aromatic N) is 1. The summed E-state index contributed by atoms with van der Waals surface area (Å²) in [6.45, 7) is 2.24. The van der Waals surface area contributed by atoms with Crippen molar-refractivity contribution in [2.75, 3.05) is 0 Å². The Morgan fingerprint density at radius 1 is 0.680 bits per heavy atom. The Balaban J connectivity index is 1.66. The van der Waals surface area contributed by atoms with Gasteiger partial charge < -0.3 is 0 Å². The van der Waals surface area contributed by atoms with Crippen LogP contribution in [-0.4, -0.2) is 4.98 Å². The van der Waals surface area contributed by atoms with Gasteiger partial charge in [-0.2, -0.15) is 4.39 Å². The number of pyridine rings is 1. The molecule has 0 bridgehead atoms. The van der Waals surface area contributed by atoms with Gasteiger partial charge in [-0.15, -0.1) is 0 Å². The summed E-state index contributed by atoms with van der Waals surface area (Å²) in [6, 6.07) is 20.3. The molecule has 0 unspecified atom stereocenters. The number of rotatable bonds is 7. The van der Waals surface area contributed by atoms with Gasteiger partial charge in [0, 0.05) is 11.8 Å². The maximum atomic E-state index is 12.9. The zero-order valence-corrected chi connectivity index (χ0v) is 14.7. The van der Waals surface area contributed by atoms with Gasteiger partial charge in [-0.1, -0.05) is 74.7 Å². The second-order valence-electron chi connectivity index (χ2n) is 6.45. The molecule has 3 aromatic rings. The molecule has 0 atom stereocenters. The number of hydrogen-bond acceptors (Lipinski definition) is 1. The van der Waals surface area contributed by atoms with Crippen molar-refractivity contribution in [3.8, 4) is 22.3 Å². The molecule has 0 aliphatic carbocycles. The lowest BCUT2D eigenvalue weighted by Crippen LogP contribution is -1.87. The fourth-order valence-corrected chi connectivity index (χ4v) is 3.02. The Morgan fingerprint density at radius 2 is 1.24 bits per heavy atom. The molecule has 128 valence electrons. The topological polar surface area (TPSA) is 12.9 Å². The Labute approximate surface area is 149 Å². The predicted molar refractivity (Wildman–Crippen MR) is 103 cm³/mol. The van der Waals surface area contributed by atoms with E-state index < -0.39 is 5.95 Å². The molecule has 0 aliphatic rings. The summed E-state index contributed by atoms with van der Waals surface area (Å²) in [7, 11) is 0. The van der Waals surface area contributed by atoms with E-state index in [1.807, 2.05) is 0 Å². The zero-order chi connectivity index (χ0) is 17.5. The van der Waals surface area contributed by atoms with E-state index in [1.165, 1.54) is 48.4 Å². The predicted octanol–water partition coefficient (Wildman–Crippen LogP) is 6.68. The molecular weight excluding hydrogens is 309 g/mol. The molecule has 0 saturated heterocycles. The van der Waals surface area contributed by atoms with Gasteiger partial charge in [0.25, 0.3) is 0 Å². The summed E-state index contributed by atoms with van der Waals surface area (Å²) in [5, 5.41) is 0. The maximum absolute atomic E-state index is 12.9. The molecular formula is C23H24FN. The highest BCUT2D eigenvalue weighted by Crippen LogP contribution is 2.25. The lowest BCUT2D eigenvalue weighted by atomic mass is 9.99. The van der Waals surface area contributed by atoms with Gasteiger partial charge in [-0.05, 0) is 47.2 Å². The van der Waals surface area contributed by atoms with Crippen molar-refractivity contribution in [2.24, 2.45) is 0 Å². The molecule has 0 N–H and O–H groups in total. The first-order valence-electron chi connectivity index (χ1n) is 9.07. The van der Waals surface area contributed by atoms with E-state index in [2.05, 4.69) is 60.4 Å². The van der Waals surface area contributed by atoms with Gasteiger partial charge in [-0.3, -0.25) is 0 Å². The zero-order valence-electron chi connectivity index (χ0n) is 14.7. The molecule has 1 nitrogen and oxygen atoms in total. The first-order valence-corrected chi connectivity index (χ1v) is 9.07. The lowest BCUT2D eigenvalue weighted by molar-refractivity contribution is 0.584. The van der Waals surface area contributed by atoms with E-state index in [-0.39, 0.29) is 0 Å². The second-order valence-corrected chi connectivity index (χ2v) is 6.45. The third kappa shape index (κ3) is 4.76. The van der Waals surface area contributed by atoms with Gasteiger partial charge in [-0.25, -0.2) is 4.98 Å². The first kappa shape index (κ1) is 17.3. The highest BCUT2D eigenvalue weighted by atomic mass is 19.1. The van der Waals surface area contributed by atoms with Crippen molar-refractivity contribution in [3.63, 3.8) is 0 Å². The molecule has 2 aromatic carbocycles. The van der Waals surface area contributed by atoms with Crippen molar-refractivity contribution in [1.82, 2.24) is 4.98 Å². The van der Waals surface area contributed by atoms with Crippen LogP contribution in [0.5, 0.6) is 0 Å². The normalized spacial score (nSPS) is 10.8. The standard InChI is InChI=1S/C23H24FN/c1-2-3-4-5-6-18-7-9-19(10-8-18)20-11-13-21(14-12-20)22-15-16-23(24)25-17-22/h7-17H,2-6H2,1H3. The van der Waals surface area contributed by atoms with E-state index in [0.29, 0.717) is 0 Å². The van der Waals surface area contributed by atoms with E-state index >= 15 is 0 Å². The molecule has 0 fully saturated rings. The molecule has 0 saturated carbocycles. The Morgan fingerprint density at radius 3 is 1.80 bits per heavy atom. The maximum Gasteiger partial charge on any atom is 0.212 e. The molecule has 2 heteroatoms. The first-order chi connectivity index (χ1) is 12.3. The highest BCUT2D eigenvalue weighted by Gasteiger charge is 2.02. The van der Waals surface area contributed by atoms with Crippen LogP contribution in [0.2, 0.25) is 0 Å². The van der Waals surface area contributed by atoms with Crippen LogP contribution in [0.4, 0.5) is 4.39 Å². The van der Waals surface area contributed by atoms with Gasteiger partial charge >= 0.3 is 0 Å². The van der Waals surface area contributed by atoms with Crippen LogP contribution in [0, 0.1) is 5.95 Å². The number of benzene rings is 2. The van der Waals surface area contributed by atoms with Gasteiger partial charge in [0.15, 0.2) is 0 Å². The third-order valence-electron chi connectivity index (χ3n) is 4.55. The highest BCUT2D eigenvalue weighted by molar-refractivity contribution is 5.70. The van der Waals surface area contributed by atoms with E-state index in [1.54, 1.807) is 12.3 Å². The van der Waals surface area contributed by atoms with Crippen molar-refractivity contribution in [2.45, 2.75) is 39.0 Å². The van der Waals surface area contributed by atoms with Gasteiger partial charge in [0.05, 0.1) is 0 Å². The summed E-state index contributed by atoms with van der Waals surface area (Å²) in [5.41, 5.74) is 5.80. The fourth-order valence-electron chi connectivity index (χ4n) is 3.02. The molecule has 0 amide bonds. The number of hydrogen-bond donors (Lipinski definition) is 0. The summed E-state index contributed by atoms with van der Waals surface area (Å²) in [5.74, 6) is -0.449. The summed E-state index contributed by atoms with van der Waals surface area (Å²) in [4.78, 5) is 3.72. The van der Waals surface area contributed by atoms with Crippen LogP contribution < -0.4 is 0 Å². The minimum absolute atomic E-state index is 0.449. The Hall–Kier alpha value is -2.48. The molecule has 3 rings (SSSR count). The molecule has 0 aliphatic heterocycles. The van der Waals surface area contributed by atoms with Crippen LogP contribution in [0.25, 0.3) is 22.3 Å². The minimum atomic E-state index is -0.449. The Kier molecular flexibility index (Phi) is 5.95. The summed E-state index contributed by atoms with van der Waals surface area (Å²) in [6.07, 6.45) is 7.93. The molecule has 0 radical (unpaired) electrons. The number of aromatic nitrogens is 1. The van der Waals surface area contributed by atoms with Crippen LogP contribution in [-0.2, 0) is 6.42 Å². The average Bonchev–Trinajstić information content (AvgIpc) is 2.67. The molecule has 25 heavy (non-hydrogen) atoms. The quantitative estimate of drug-likeness (QED) is 0.347. The lowest BCUT2D eigenvalue weighted by Gasteiger charge is -2.07. The van der Waals surface area contributed by atoms with E-state index in [0.717, 1.165) is 17.5 Å². The minimum Gasteiger partial charge on any atom is -0.228 e. The van der Waals surface area contributed by atoms with Crippen molar-refractivity contribution < 1.29 is 4.39 Å². The fraction of sp³-hybridized carbons (Fsp3) is 0.261. The van der Waals surface area contributed by atoms with Crippen LogP contribution >= 0.6 is 0 Å². The van der Waals surface area contributed by atoms with Gasteiger partial charge in [0.1, 0.15) is 0 Å². The van der Waals surface area contributed by atoms with Crippen LogP contribution in [0.1, 0.15) is 38.2 Å². The number of halogens is 1. The SMILES string of the molecule is CCCCCCc1ccc(-c2ccc(-c3ccc(F)nc3)cc2)cc1. The molecule has 0 spiro atoms. The van der Waals surface area contributed by atoms with E-state index in [4.69, 9.17) is 0 Å². The summed E-state index contributed by atoms with van der Waals surface area (Å²) >= 11 is 0. The van der Waals surface area contributed by atoms with Crippen LogP contribution in [0.3, 0.4) is 0 Å². The average molecular weight is 333 g/mol.